The topological polar surface area (TPSA) is 127 Å². The number of fused-ring (bicyclic) bond motifs is 1. The van der Waals surface area contributed by atoms with Gasteiger partial charge in [0, 0.05) is 36.6 Å². The van der Waals surface area contributed by atoms with E-state index in [0.717, 1.165) is 10.8 Å². The first-order valence-electron chi connectivity index (χ1n) is 13.1. The van der Waals surface area contributed by atoms with E-state index in [1.165, 1.54) is 12.3 Å². The maximum absolute atomic E-state index is 14.7. The molecule has 14 heteroatoms. The van der Waals surface area contributed by atoms with Crippen molar-refractivity contribution in [3.05, 3.63) is 41.9 Å². The van der Waals surface area contributed by atoms with Gasteiger partial charge in [-0.15, -0.1) is 0 Å². The molecular weight excluding hydrogens is 544 g/mol. The average molecular weight is 579 g/mol. The molecule has 3 heterocycles. The summed E-state index contributed by atoms with van der Waals surface area (Å²) in [5.74, 6) is -0.652. The highest BCUT2D eigenvalue weighted by Crippen LogP contribution is 2.35. The number of nitrogens with two attached hydrogens (primary N) is 1. The summed E-state index contributed by atoms with van der Waals surface area (Å²) in [5, 5.41) is 10.1. The summed E-state index contributed by atoms with van der Waals surface area (Å²) in [4.78, 5) is 22.9. The van der Waals surface area contributed by atoms with Gasteiger partial charge in [0.15, 0.2) is 0 Å². The number of amides is 1. The van der Waals surface area contributed by atoms with Crippen molar-refractivity contribution in [2.24, 2.45) is 10.7 Å². The highest BCUT2D eigenvalue weighted by atomic mass is 19.4. The van der Waals surface area contributed by atoms with E-state index in [1.807, 2.05) is 32.7 Å². The van der Waals surface area contributed by atoms with Gasteiger partial charge in [0.2, 0.25) is 11.7 Å². The van der Waals surface area contributed by atoms with Gasteiger partial charge in [-0.3, -0.25) is 9.79 Å². The van der Waals surface area contributed by atoms with E-state index in [1.54, 1.807) is 18.2 Å². The molecule has 4 N–H and O–H groups in total. The number of carbonyl (C=O) groups excluding carboxylic acids is 1. The second kappa shape index (κ2) is 11.9. The fourth-order valence-electron chi connectivity index (χ4n) is 4.49. The molecule has 1 aliphatic rings. The fourth-order valence-corrected chi connectivity index (χ4v) is 4.49. The number of anilines is 1. The molecule has 0 radical (unpaired) electrons. The molecular formula is C27H34F4N8O2. The van der Waals surface area contributed by atoms with Crippen molar-refractivity contribution >= 4 is 28.7 Å². The van der Waals surface area contributed by atoms with Crippen LogP contribution in [0.4, 0.5) is 23.2 Å². The normalized spacial score (nSPS) is 19.3. The molecule has 0 spiro atoms. The number of aliphatic imine (C=N–C) groups is 1. The number of hydrogen-bond acceptors (Lipinski definition) is 8. The molecule has 2 aromatic heterocycles. The first-order chi connectivity index (χ1) is 19.2. The number of piperidine rings is 1. The maximum Gasteiger partial charge on any atom is 0.406 e. The Morgan fingerprint density at radius 2 is 2.05 bits per heavy atom. The molecule has 2 unspecified atom stereocenters. The van der Waals surface area contributed by atoms with Gasteiger partial charge in [-0.2, -0.15) is 18.2 Å². The molecule has 0 saturated carbocycles. The van der Waals surface area contributed by atoms with Crippen molar-refractivity contribution in [3.8, 4) is 11.5 Å². The monoisotopic (exact) mass is 578 g/mol. The molecule has 10 nitrogen and oxygen atoms in total. The predicted octanol–water partition coefficient (Wildman–Crippen LogP) is 4.04. The Balaban J connectivity index is 1.60. The highest BCUT2D eigenvalue weighted by Gasteiger charge is 2.32. The van der Waals surface area contributed by atoms with Gasteiger partial charge in [0.05, 0.1) is 34.9 Å². The molecule has 3 aromatic rings. The molecule has 1 saturated heterocycles. The molecule has 1 fully saturated rings. The number of rotatable bonds is 8. The molecule has 41 heavy (non-hydrogen) atoms. The van der Waals surface area contributed by atoms with Crippen LogP contribution in [0.1, 0.15) is 33.1 Å². The van der Waals surface area contributed by atoms with Crippen LogP contribution in [0.3, 0.4) is 0 Å². The third-order valence-corrected chi connectivity index (χ3v) is 6.50. The largest absolute Gasteiger partial charge is 0.406 e. The molecule has 1 amide bonds. The first kappa shape index (κ1) is 30.0. The number of alkyl halides is 4. The second-order valence-electron chi connectivity index (χ2n) is 11.0. The van der Waals surface area contributed by atoms with Crippen molar-refractivity contribution in [3.63, 3.8) is 0 Å². The highest BCUT2D eigenvalue weighted by molar-refractivity contribution is 6.12. The summed E-state index contributed by atoms with van der Waals surface area (Å²) in [6.45, 7) is 5.06. The average Bonchev–Trinajstić information content (AvgIpc) is 3.48. The quantitative estimate of drug-likeness (QED) is 0.209. The minimum absolute atomic E-state index is 0.0220. The zero-order chi connectivity index (χ0) is 29.9. The zero-order valence-corrected chi connectivity index (χ0v) is 23.3. The van der Waals surface area contributed by atoms with Gasteiger partial charge in [-0.25, -0.2) is 4.39 Å². The van der Waals surface area contributed by atoms with Crippen LogP contribution in [0.15, 0.2) is 45.6 Å². The Bertz CT molecular complexity index is 1440. The molecule has 0 bridgehead atoms. The first-order valence-corrected chi connectivity index (χ1v) is 13.1. The van der Waals surface area contributed by atoms with Crippen LogP contribution in [0.25, 0.3) is 22.4 Å². The van der Waals surface area contributed by atoms with Gasteiger partial charge >= 0.3 is 6.18 Å². The third-order valence-electron chi connectivity index (χ3n) is 6.50. The number of likely N-dealkylation sites (tertiary alicyclic amines) is 1. The molecule has 2 atom stereocenters. The number of halogens is 4. The van der Waals surface area contributed by atoms with Gasteiger partial charge in [-0.1, -0.05) is 11.2 Å². The molecule has 4 rings (SSSR count). The number of aromatic nitrogens is 3. The van der Waals surface area contributed by atoms with Crippen LogP contribution >= 0.6 is 0 Å². The van der Waals surface area contributed by atoms with Crippen LogP contribution < -0.4 is 16.4 Å². The summed E-state index contributed by atoms with van der Waals surface area (Å²) < 4.78 is 61.9. The molecule has 222 valence electrons. The van der Waals surface area contributed by atoms with E-state index < -0.39 is 36.4 Å². The van der Waals surface area contributed by atoms with Crippen molar-refractivity contribution < 1.29 is 26.9 Å². The Labute approximate surface area is 234 Å². The Hall–Kier alpha value is -3.94. The van der Waals surface area contributed by atoms with Gasteiger partial charge in [0.25, 0.3) is 5.91 Å². The zero-order valence-electron chi connectivity index (χ0n) is 23.3. The lowest BCUT2D eigenvalue weighted by Crippen LogP contribution is -2.46. The van der Waals surface area contributed by atoms with Crippen molar-refractivity contribution in [2.75, 3.05) is 25.5 Å². The van der Waals surface area contributed by atoms with Crippen LogP contribution in [0.2, 0.25) is 0 Å². The summed E-state index contributed by atoms with van der Waals surface area (Å²) in [5.41, 5.74) is 6.10. The van der Waals surface area contributed by atoms with Crippen molar-refractivity contribution in [2.45, 2.75) is 64.2 Å². The van der Waals surface area contributed by atoms with E-state index >= 15 is 0 Å². The van der Waals surface area contributed by atoms with E-state index in [0.29, 0.717) is 24.0 Å². The lowest BCUT2D eigenvalue weighted by Gasteiger charge is -2.33. The Kier molecular flexibility index (Phi) is 8.71. The van der Waals surface area contributed by atoms with Crippen LogP contribution in [-0.4, -0.2) is 75.8 Å². The van der Waals surface area contributed by atoms with E-state index in [2.05, 4.69) is 25.8 Å². The third kappa shape index (κ3) is 7.63. The number of nitrogens with one attached hydrogen (secondary N) is 2. The number of nitrogens with zero attached hydrogens (tertiary/aromatic N) is 5. The van der Waals surface area contributed by atoms with Gasteiger partial charge in [-0.05, 0) is 52.4 Å². The number of benzene rings is 1. The van der Waals surface area contributed by atoms with E-state index in [9.17, 15) is 22.4 Å². The van der Waals surface area contributed by atoms with Gasteiger partial charge < -0.3 is 30.4 Å². The van der Waals surface area contributed by atoms with Gasteiger partial charge in [0.1, 0.15) is 12.7 Å². The Morgan fingerprint density at radius 1 is 1.29 bits per heavy atom. The van der Waals surface area contributed by atoms with Crippen molar-refractivity contribution in [1.82, 2.24) is 24.9 Å². The standard InChI is InChI=1S/C27H34F4N8O2/c1-26(2,3)34-12-16(11-32)25(40)33-13-23-36-24(37-41-23)22-10-17-19(35-20-8-9-38(4)14-18(20)28)6-5-7-21(17)39(22)15-27(29,30)31/h5-7,10-12,18,20,35H,8-9,13-15,32H2,1-4H3,(H,33,40)/b16-11+,34-12?. The summed E-state index contributed by atoms with van der Waals surface area (Å²) in [6.07, 6.45) is -2.66. The Morgan fingerprint density at radius 3 is 2.71 bits per heavy atom. The summed E-state index contributed by atoms with van der Waals surface area (Å²) >= 11 is 0. The minimum Gasteiger partial charge on any atom is -0.404 e. The second-order valence-corrected chi connectivity index (χ2v) is 11.0. The molecule has 1 aliphatic heterocycles. The molecule has 1 aromatic carbocycles. The van der Waals surface area contributed by atoms with Crippen LogP contribution in [0, 0.1) is 0 Å². The SMILES string of the molecule is CN1CCC(Nc2cccc3c2cc(-c2noc(CNC(=O)/C(C=NC(C)(C)C)=C/N)n2)n3CC(F)(F)F)C(F)C1. The number of hydrogen-bond donors (Lipinski definition) is 3. The lowest BCUT2D eigenvalue weighted by atomic mass is 10.0. The summed E-state index contributed by atoms with van der Waals surface area (Å²) in [6, 6.07) is 5.92. The van der Waals surface area contributed by atoms with E-state index in [4.69, 9.17) is 10.3 Å². The predicted molar refractivity (Wildman–Crippen MR) is 148 cm³/mol. The smallest absolute Gasteiger partial charge is 0.404 e. The number of carbonyl (C=O) groups is 1. The van der Waals surface area contributed by atoms with Crippen LogP contribution in [0.5, 0.6) is 0 Å². The lowest BCUT2D eigenvalue weighted by molar-refractivity contribution is -0.139. The maximum atomic E-state index is 14.7. The minimum atomic E-state index is -4.54. The van der Waals surface area contributed by atoms with Crippen LogP contribution in [-0.2, 0) is 17.9 Å². The van der Waals surface area contributed by atoms with E-state index in [-0.39, 0.29) is 41.6 Å². The van der Waals surface area contributed by atoms with Crippen molar-refractivity contribution in [1.29, 1.82) is 0 Å². The molecule has 0 aliphatic carbocycles. The fraction of sp³-hybridized carbons (Fsp3) is 0.481. The summed E-state index contributed by atoms with van der Waals surface area (Å²) in [7, 11) is 1.84.